The number of amides is 2. The first-order valence-corrected chi connectivity index (χ1v) is 5.75. The lowest BCUT2D eigenvalue weighted by Gasteiger charge is -2.12. The van der Waals surface area contributed by atoms with E-state index in [0.717, 1.165) is 0 Å². The van der Waals surface area contributed by atoms with Crippen LogP contribution in [0.15, 0.2) is 24.3 Å². The van der Waals surface area contributed by atoms with Crippen LogP contribution >= 0.6 is 12.6 Å². The Morgan fingerprint density at radius 2 is 2.00 bits per heavy atom. The van der Waals surface area contributed by atoms with Crippen molar-refractivity contribution in [2.45, 2.75) is 6.04 Å². The average Bonchev–Trinajstić information content (AvgIpc) is 2.36. The minimum atomic E-state index is -1.13. The molecule has 18 heavy (non-hydrogen) atoms. The number of anilines is 1. The highest BCUT2D eigenvalue weighted by Gasteiger charge is 2.17. The number of hydrogen-bond acceptors (Lipinski definition) is 4. The summed E-state index contributed by atoms with van der Waals surface area (Å²) in [6.45, 7) is 0. The number of ether oxygens (including phenoxy) is 1. The molecule has 1 rings (SSSR count). The molecule has 0 spiro atoms. The second kappa shape index (κ2) is 6.75. The third-order valence-electron chi connectivity index (χ3n) is 2.13. The molecule has 98 valence electrons. The zero-order valence-corrected chi connectivity index (χ0v) is 10.6. The molecular weight excluding hydrogens is 256 g/mol. The monoisotopic (exact) mass is 270 g/mol. The molecule has 3 N–H and O–H groups in total. The lowest BCUT2D eigenvalue weighted by molar-refractivity contribution is -0.138. The highest BCUT2D eigenvalue weighted by molar-refractivity contribution is 7.80. The number of hydrogen-bond donors (Lipinski definition) is 4. The Labute approximate surface area is 110 Å². The van der Waals surface area contributed by atoms with Gasteiger partial charge in [-0.05, 0) is 24.3 Å². The van der Waals surface area contributed by atoms with Crippen LogP contribution in [0.2, 0.25) is 0 Å². The first-order chi connectivity index (χ1) is 8.56. The predicted octanol–water partition coefficient (Wildman–Crippen LogP) is 1.20. The summed E-state index contributed by atoms with van der Waals surface area (Å²) < 4.78 is 4.97. The van der Waals surface area contributed by atoms with E-state index in [0.29, 0.717) is 11.4 Å². The zero-order valence-electron chi connectivity index (χ0n) is 9.71. The summed E-state index contributed by atoms with van der Waals surface area (Å²) in [5.41, 5.74) is 0.539. The predicted molar refractivity (Wildman–Crippen MR) is 70.4 cm³/mol. The van der Waals surface area contributed by atoms with Gasteiger partial charge in [-0.1, -0.05) is 0 Å². The average molecular weight is 270 g/mol. The Bertz CT molecular complexity index is 422. The molecule has 0 aromatic heterocycles. The number of urea groups is 1. The van der Waals surface area contributed by atoms with Crippen LogP contribution in [-0.4, -0.2) is 36.0 Å². The maximum Gasteiger partial charge on any atom is 0.327 e. The van der Waals surface area contributed by atoms with Gasteiger partial charge in [0.05, 0.1) is 7.11 Å². The van der Waals surface area contributed by atoms with Crippen molar-refractivity contribution >= 4 is 30.3 Å². The summed E-state index contributed by atoms with van der Waals surface area (Å²) in [5, 5.41) is 13.5. The summed E-state index contributed by atoms with van der Waals surface area (Å²) >= 11 is 3.84. The molecule has 0 heterocycles. The van der Waals surface area contributed by atoms with E-state index in [1.807, 2.05) is 0 Å². The number of aliphatic carboxylic acids is 1. The lowest BCUT2D eigenvalue weighted by atomic mass is 10.3. The lowest BCUT2D eigenvalue weighted by Crippen LogP contribution is -2.44. The van der Waals surface area contributed by atoms with Gasteiger partial charge in [-0.15, -0.1) is 0 Å². The van der Waals surface area contributed by atoms with E-state index in [4.69, 9.17) is 9.84 Å². The van der Waals surface area contributed by atoms with E-state index < -0.39 is 18.0 Å². The molecule has 1 aromatic rings. The molecular formula is C11H14N2O4S. The third kappa shape index (κ3) is 4.17. The van der Waals surface area contributed by atoms with Gasteiger partial charge in [-0.2, -0.15) is 12.6 Å². The first-order valence-electron chi connectivity index (χ1n) is 5.12. The number of carbonyl (C=O) groups excluding carboxylic acids is 1. The largest absolute Gasteiger partial charge is 0.497 e. The van der Waals surface area contributed by atoms with Gasteiger partial charge in [0.2, 0.25) is 0 Å². The number of carboxylic acid groups (broad SMARTS) is 1. The molecule has 6 nitrogen and oxygen atoms in total. The number of benzene rings is 1. The van der Waals surface area contributed by atoms with Crippen LogP contribution in [0.25, 0.3) is 0 Å². The Morgan fingerprint density at radius 1 is 1.39 bits per heavy atom. The standard InChI is InChI=1S/C11H14N2O4S/c1-17-8-4-2-7(3-5-8)12-11(16)13-9(6-18)10(14)15/h2-5,9,18H,6H2,1H3,(H,14,15)(H2,12,13,16). The van der Waals surface area contributed by atoms with Crippen LogP contribution in [-0.2, 0) is 4.79 Å². The Hall–Kier alpha value is -1.89. The van der Waals surface area contributed by atoms with Crippen molar-refractivity contribution in [1.82, 2.24) is 5.32 Å². The SMILES string of the molecule is COc1ccc(NC(=O)NC(CS)C(=O)O)cc1. The van der Waals surface area contributed by atoms with Crippen molar-refractivity contribution < 1.29 is 19.4 Å². The molecule has 0 saturated carbocycles. The molecule has 0 aliphatic heterocycles. The van der Waals surface area contributed by atoms with Gasteiger partial charge in [0.25, 0.3) is 0 Å². The molecule has 0 bridgehead atoms. The second-order valence-electron chi connectivity index (χ2n) is 3.40. The van der Waals surface area contributed by atoms with Crippen LogP contribution < -0.4 is 15.4 Å². The van der Waals surface area contributed by atoms with Gasteiger partial charge >= 0.3 is 12.0 Å². The van der Waals surface area contributed by atoms with Crippen molar-refractivity contribution in [3.63, 3.8) is 0 Å². The third-order valence-corrected chi connectivity index (χ3v) is 2.50. The first kappa shape index (κ1) is 14.2. The molecule has 2 amide bonds. The Kier molecular flexibility index (Phi) is 5.31. The highest BCUT2D eigenvalue weighted by atomic mass is 32.1. The quantitative estimate of drug-likeness (QED) is 0.605. The van der Waals surface area contributed by atoms with Crippen molar-refractivity contribution in [2.75, 3.05) is 18.2 Å². The summed E-state index contributed by atoms with van der Waals surface area (Å²) in [6, 6.07) is 5.04. The van der Waals surface area contributed by atoms with Crippen molar-refractivity contribution in [3.8, 4) is 5.75 Å². The van der Waals surface area contributed by atoms with Gasteiger partial charge in [0.1, 0.15) is 11.8 Å². The van der Waals surface area contributed by atoms with Crippen LogP contribution in [0, 0.1) is 0 Å². The number of nitrogens with one attached hydrogen (secondary N) is 2. The summed E-state index contributed by atoms with van der Waals surface area (Å²) in [7, 11) is 1.54. The number of carbonyl (C=O) groups is 2. The van der Waals surface area contributed by atoms with Gasteiger partial charge in [-0.25, -0.2) is 9.59 Å². The van der Waals surface area contributed by atoms with Crippen LogP contribution in [0.5, 0.6) is 5.75 Å². The molecule has 0 aliphatic carbocycles. The number of rotatable bonds is 5. The maximum absolute atomic E-state index is 11.5. The number of carboxylic acids is 1. The highest BCUT2D eigenvalue weighted by Crippen LogP contribution is 2.14. The molecule has 7 heteroatoms. The van der Waals surface area contributed by atoms with Gasteiger partial charge in [0, 0.05) is 11.4 Å². The van der Waals surface area contributed by atoms with E-state index in [1.54, 1.807) is 31.4 Å². The van der Waals surface area contributed by atoms with Crippen LogP contribution in [0.3, 0.4) is 0 Å². The van der Waals surface area contributed by atoms with Crippen molar-refractivity contribution in [3.05, 3.63) is 24.3 Å². The fourth-order valence-electron chi connectivity index (χ4n) is 1.19. The van der Waals surface area contributed by atoms with E-state index in [2.05, 4.69) is 23.3 Å². The minimum absolute atomic E-state index is 0.0192. The second-order valence-corrected chi connectivity index (χ2v) is 3.77. The van der Waals surface area contributed by atoms with Crippen LogP contribution in [0.1, 0.15) is 0 Å². The van der Waals surface area contributed by atoms with E-state index in [-0.39, 0.29) is 5.75 Å². The van der Waals surface area contributed by atoms with Crippen LogP contribution in [0.4, 0.5) is 10.5 Å². The van der Waals surface area contributed by atoms with E-state index >= 15 is 0 Å². The summed E-state index contributed by atoms with van der Waals surface area (Å²) in [4.78, 5) is 22.2. The minimum Gasteiger partial charge on any atom is -0.497 e. The molecule has 1 atom stereocenters. The maximum atomic E-state index is 11.5. The molecule has 0 saturated heterocycles. The van der Waals surface area contributed by atoms with E-state index in [9.17, 15) is 9.59 Å². The normalized spacial score (nSPS) is 11.4. The molecule has 1 aromatic carbocycles. The van der Waals surface area contributed by atoms with Gasteiger partial charge in [-0.3, -0.25) is 0 Å². The van der Waals surface area contributed by atoms with Crippen molar-refractivity contribution in [1.29, 1.82) is 0 Å². The fraction of sp³-hybridized carbons (Fsp3) is 0.273. The van der Waals surface area contributed by atoms with Gasteiger partial charge in [0.15, 0.2) is 0 Å². The Balaban J connectivity index is 2.55. The molecule has 0 radical (unpaired) electrons. The molecule has 0 fully saturated rings. The molecule has 0 aliphatic rings. The van der Waals surface area contributed by atoms with Crippen molar-refractivity contribution in [2.24, 2.45) is 0 Å². The number of methoxy groups -OCH3 is 1. The fourth-order valence-corrected chi connectivity index (χ4v) is 1.43. The summed E-state index contributed by atoms with van der Waals surface area (Å²) in [6.07, 6.45) is 0. The van der Waals surface area contributed by atoms with Gasteiger partial charge < -0.3 is 20.5 Å². The molecule has 1 unspecified atom stereocenters. The number of thiol groups is 1. The Morgan fingerprint density at radius 3 is 2.44 bits per heavy atom. The topological polar surface area (TPSA) is 87.7 Å². The smallest absolute Gasteiger partial charge is 0.327 e. The van der Waals surface area contributed by atoms with E-state index in [1.165, 1.54) is 0 Å². The zero-order chi connectivity index (χ0) is 13.5. The summed E-state index contributed by atoms with van der Waals surface area (Å²) in [5.74, 6) is -0.444.